The Kier molecular flexibility index (Phi) is 3.63. The molecule has 1 atom stereocenters. The minimum absolute atomic E-state index is 0.0759. The highest BCUT2D eigenvalue weighted by atomic mass is 19.1. The van der Waals surface area contributed by atoms with Gasteiger partial charge in [-0.25, -0.2) is 4.39 Å². The molecule has 5 heteroatoms. The molecule has 2 aromatic rings. The van der Waals surface area contributed by atoms with Gasteiger partial charge in [-0.15, -0.1) is 0 Å². The van der Waals surface area contributed by atoms with E-state index >= 15 is 0 Å². The fourth-order valence-corrected chi connectivity index (χ4v) is 2.78. The van der Waals surface area contributed by atoms with E-state index in [4.69, 9.17) is 9.94 Å². The molecule has 0 amide bonds. The Balaban J connectivity index is 1.95. The van der Waals surface area contributed by atoms with E-state index in [-0.39, 0.29) is 11.5 Å². The summed E-state index contributed by atoms with van der Waals surface area (Å²) < 4.78 is 18.5. The summed E-state index contributed by atoms with van der Waals surface area (Å²) in [6.07, 6.45) is 0.459. The molecule has 0 bridgehead atoms. The number of nitrogens with zero attached hydrogens (tertiary/aromatic N) is 1. The highest BCUT2D eigenvalue weighted by Gasteiger charge is 2.37. The lowest BCUT2D eigenvalue weighted by molar-refractivity contribution is -0.113. The molecule has 112 valence electrons. The number of carbonyl (C=O) groups is 1. The van der Waals surface area contributed by atoms with Gasteiger partial charge in [0.15, 0.2) is 11.5 Å². The second-order valence-corrected chi connectivity index (χ2v) is 5.15. The molecule has 0 fully saturated rings. The fourth-order valence-electron chi connectivity index (χ4n) is 2.78. The smallest absolute Gasteiger partial charge is 0.192 e. The van der Waals surface area contributed by atoms with Crippen LogP contribution in [0.3, 0.4) is 0 Å². The van der Waals surface area contributed by atoms with Crippen LogP contribution in [0.2, 0.25) is 0 Å². The van der Waals surface area contributed by atoms with Crippen LogP contribution in [0.4, 0.5) is 4.39 Å². The zero-order valence-electron chi connectivity index (χ0n) is 11.9. The van der Waals surface area contributed by atoms with E-state index in [0.29, 0.717) is 17.5 Å². The average Bonchev–Trinajstić information content (AvgIpc) is 2.79. The summed E-state index contributed by atoms with van der Waals surface area (Å²) in [6.45, 7) is 0. The maximum atomic E-state index is 13.4. The Morgan fingerprint density at radius 3 is 2.59 bits per heavy atom. The average molecular weight is 299 g/mol. The van der Waals surface area contributed by atoms with Crippen molar-refractivity contribution < 1.29 is 19.1 Å². The number of hydrogen-bond acceptors (Lipinski definition) is 4. The SMILES string of the molecule is COc1ccc(CC2C(=O)/C(=N\O)c3cc(F)ccc32)cc1. The molecular formula is C17H14FNO3. The van der Waals surface area contributed by atoms with Crippen molar-refractivity contribution in [1.82, 2.24) is 0 Å². The number of carbonyl (C=O) groups excluding carboxylic acids is 1. The molecule has 1 N–H and O–H groups in total. The van der Waals surface area contributed by atoms with E-state index in [0.717, 1.165) is 11.3 Å². The lowest BCUT2D eigenvalue weighted by Gasteiger charge is -2.10. The lowest BCUT2D eigenvalue weighted by atomic mass is 9.93. The monoisotopic (exact) mass is 299 g/mol. The first kappa shape index (κ1) is 14.3. The van der Waals surface area contributed by atoms with Crippen molar-refractivity contribution in [3.63, 3.8) is 0 Å². The molecular weight excluding hydrogens is 285 g/mol. The zero-order valence-corrected chi connectivity index (χ0v) is 11.9. The van der Waals surface area contributed by atoms with E-state index in [1.165, 1.54) is 12.1 Å². The molecule has 0 heterocycles. The van der Waals surface area contributed by atoms with Crippen molar-refractivity contribution in [2.24, 2.45) is 5.16 Å². The number of methoxy groups -OCH3 is 1. The zero-order chi connectivity index (χ0) is 15.7. The van der Waals surface area contributed by atoms with Crippen LogP contribution in [0, 0.1) is 5.82 Å². The summed E-state index contributed by atoms with van der Waals surface area (Å²) in [6, 6.07) is 11.5. The molecule has 0 aromatic heterocycles. The first-order chi connectivity index (χ1) is 10.6. The number of hydrogen-bond donors (Lipinski definition) is 1. The van der Waals surface area contributed by atoms with Crippen molar-refractivity contribution in [3.8, 4) is 5.75 Å². The predicted octanol–water partition coefficient (Wildman–Crippen LogP) is 2.92. The maximum absolute atomic E-state index is 13.4. The molecule has 0 saturated heterocycles. The number of Topliss-reactive ketones (excluding diaryl/α,β-unsaturated/α-hetero) is 1. The molecule has 1 aliphatic rings. The number of rotatable bonds is 3. The van der Waals surface area contributed by atoms with Crippen LogP contribution < -0.4 is 4.74 Å². The van der Waals surface area contributed by atoms with Crippen molar-refractivity contribution in [2.75, 3.05) is 7.11 Å². The molecule has 0 spiro atoms. The summed E-state index contributed by atoms with van der Waals surface area (Å²) in [5, 5.41) is 12.1. The number of fused-ring (bicyclic) bond motifs is 1. The highest BCUT2D eigenvalue weighted by molar-refractivity contribution is 6.51. The molecule has 1 unspecified atom stereocenters. The van der Waals surface area contributed by atoms with E-state index in [2.05, 4.69) is 5.16 Å². The molecule has 0 radical (unpaired) electrons. The van der Waals surface area contributed by atoms with Crippen LogP contribution in [-0.4, -0.2) is 23.8 Å². The normalized spacial score (nSPS) is 18.5. The third-order valence-electron chi connectivity index (χ3n) is 3.89. The van der Waals surface area contributed by atoms with Gasteiger partial charge in [0.1, 0.15) is 11.6 Å². The van der Waals surface area contributed by atoms with Gasteiger partial charge in [-0.3, -0.25) is 4.79 Å². The second-order valence-electron chi connectivity index (χ2n) is 5.15. The second kappa shape index (κ2) is 5.60. The van der Waals surface area contributed by atoms with Gasteiger partial charge < -0.3 is 9.94 Å². The number of ether oxygens (including phenoxy) is 1. The summed E-state index contributed by atoms with van der Waals surface area (Å²) in [5.41, 5.74) is 1.93. The Bertz CT molecular complexity index is 753. The molecule has 0 saturated carbocycles. The molecule has 4 nitrogen and oxygen atoms in total. The summed E-state index contributed by atoms with van der Waals surface area (Å²) >= 11 is 0. The number of halogens is 1. The van der Waals surface area contributed by atoms with Crippen molar-refractivity contribution >= 4 is 11.5 Å². The van der Waals surface area contributed by atoms with Gasteiger partial charge in [-0.2, -0.15) is 0 Å². The van der Waals surface area contributed by atoms with Crippen LogP contribution >= 0.6 is 0 Å². The van der Waals surface area contributed by atoms with Crippen molar-refractivity contribution in [1.29, 1.82) is 0 Å². The Morgan fingerprint density at radius 2 is 1.95 bits per heavy atom. The van der Waals surface area contributed by atoms with Gasteiger partial charge in [-0.05, 0) is 41.8 Å². The number of benzene rings is 2. The standard InChI is InChI=1S/C17H14FNO3/c1-22-12-5-2-10(3-6-12)8-15-13-7-4-11(18)9-14(13)16(19-21)17(15)20/h2-7,9,15,21H,8H2,1H3/b19-16-. The minimum atomic E-state index is -0.463. The summed E-state index contributed by atoms with van der Waals surface area (Å²) in [7, 11) is 1.59. The molecule has 3 rings (SSSR count). The fraction of sp³-hybridized carbons (Fsp3) is 0.176. The van der Waals surface area contributed by atoms with Crippen molar-refractivity contribution in [2.45, 2.75) is 12.3 Å². The van der Waals surface area contributed by atoms with E-state index in [1.807, 2.05) is 24.3 Å². The van der Waals surface area contributed by atoms with Gasteiger partial charge in [0.2, 0.25) is 0 Å². The van der Waals surface area contributed by atoms with Gasteiger partial charge >= 0.3 is 0 Å². The molecule has 0 aliphatic heterocycles. The van der Waals surface area contributed by atoms with Crippen LogP contribution in [0.15, 0.2) is 47.6 Å². The van der Waals surface area contributed by atoms with Crippen molar-refractivity contribution in [3.05, 3.63) is 65.0 Å². The first-order valence-corrected chi connectivity index (χ1v) is 6.83. The van der Waals surface area contributed by atoms with Crippen LogP contribution in [0.25, 0.3) is 0 Å². The number of ketones is 1. The largest absolute Gasteiger partial charge is 0.497 e. The van der Waals surface area contributed by atoms with Gasteiger partial charge in [0.25, 0.3) is 0 Å². The molecule has 1 aliphatic carbocycles. The van der Waals surface area contributed by atoms with Gasteiger partial charge in [0.05, 0.1) is 13.0 Å². The third kappa shape index (κ3) is 2.35. The van der Waals surface area contributed by atoms with E-state index in [9.17, 15) is 9.18 Å². The van der Waals surface area contributed by atoms with E-state index < -0.39 is 11.7 Å². The quantitative estimate of drug-likeness (QED) is 0.700. The van der Waals surface area contributed by atoms with Gasteiger partial charge in [-0.1, -0.05) is 23.4 Å². The highest BCUT2D eigenvalue weighted by Crippen LogP contribution is 2.34. The maximum Gasteiger partial charge on any atom is 0.192 e. The van der Waals surface area contributed by atoms with Crippen LogP contribution in [-0.2, 0) is 11.2 Å². The minimum Gasteiger partial charge on any atom is -0.497 e. The lowest BCUT2D eigenvalue weighted by Crippen LogP contribution is -2.15. The van der Waals surface area contributed by atoms with Gasteiger partial charge in [0, 0.05) is 5.56 Å². The first-order valence-electron chi connectivity index (χ1n) is 6.83. The van der Waals surface area contributed by atoms with E-state index in [1.54, 1.807) is 13.2 Å². The third-order valence-corrected chi connectivity index (χ3v) is 3.89. The predicted molar refractivity (Wildman–Crippen MR) is 79.2 cm³/mol. The Hall–Kier alpha value is -2.69. The topological polar surface area (TPSA) is 58.9 Å². The summed E-state index contributed by atoms with van der Waals surface area (Å²) in [4.78, 5) is 12.4. The molecule has 22 heavy (non-hydrogen) atoms. The Morgan fingerprint density at radius 1 is 1.23 bits per heavy atom. The Labute approximate surface area is 126 Å². The molecule has 2 aromatic carbocycles. The van der Waals surface area contributed by atoms with Crippen LogP contribution in [0.1, 0.15) is 22.6 Å². The summed E-state index contributed by atoms with van der Waals surface area (Å²) in [5.74, 6) is -0.479. The number of oxime groups is 1. The van der Waals surface area contributed by atoms with Crippen LogP contribution in [0.5, 0.6) is 5.75 Å².